The van der Waals surface area contributed by atoms with E-state index in [0.717, 1.165) is 26.9 Å². The summed E-state index contributed by atoms with van der Waals surface area (Å²) in [5.74, 6) is -0.441. The highest BCUT2D eigenvalue weighted by Crippen LogP contribution is 2.28. The zero-order valence-electron chi connectivity index (χ0n) is 14.2. The molecule has 0 bridgehead atoms. The molecule has 2 amide bonds. The highest BCUT2D eigenvalue weighted by atomic mass is 35.5. The van der Waals surface area contributed by atoms with Crippen LogP contribution in [0.15, 0.2) is 66.7 Å². The van der Waals surface area contributed by atoms with Crippen molar-refractivity contribution in [3.05, 3.63) is 83.0 Å². The number of para-hydroxylation sites is 1. The molecule has 134 valence electrons. The van der Waals surface area contributed by atoms with E-state index in [-0.39, 0.29) is 6.61 Å². The fourth-order valence-electron chi connectivity index (χ4n) is 3.13. The number of pyridine rings is 1. The molecule has 1 aromatic heterocycles. The molecule has 4 rings (SSSR count). The minimum Gasteiger partial charge on any atom is -0.446 e. The number of halogens is 1. The summed E-state index contributed by atoms with van der Waals surface area (Å²) >= 11 is 6.08. The molecule has 2 heterocycles. The van der Waals surface area contributed by atoms with Crippen LogP contribution in [0.3, 0.4) is 0 Å². The predicted molar refractivity (Wildman–Crippen MR) is 103 cm³/mol. The lowest BCUT2D eigenvalue weighted by molar-refractivity contribution is -0.124. The van der Waals surface area contributed by atoms with Gasteiger partial charge < -0.3 is 4.74 Å². The van der Waals surface area contributed by atoms with E-state index in [1.54, 1.807) is 12.1 Å². The van der Waals surface area contributed by atoms with Crippen molar-refractivity contribution in [3.8, 4) is 0 Å². The summed E-state index contributed by atoms with van der Waals surface area (Å²) in [5.41, 5.74) is 2.34. The highest BCUT2D eigenvalue weighted by molar-refractivity contribution is 6.30. The molecule has 6 heteroatoms. The van der Waals surface area contributed by atoms with Gasteiger partial charge in [-0.3, -0.25) is 4.79 Å². The molecule has 0 aliphatic carbocycles. The van der Waals surface area contributed by atoms with Gasteiger partial charge in [0, 0.05) is 11.5 Å². The number of carbonyl (C=O) groups is 2. The first-order chi connectivity index (χ1) is 13.1. The van der Waals surface area contributed by atoms with Crippen LogP contribution in [0.1, 0.15) is 17.2 Å². The lowest BCUT2D eigenvalue weighted by Crippen LogP contribution is -2.32. The molecule has 1 fully saturated rings. The fraction of sp³-hybridized carbons (Fsp3) is 0.0952. The van der Waals surface area contributed by atoms with Gasteiger partial charge in [0.2, 0.25) is 0 Å². The van der Waals surface area contributed by atoms with Crippen molar-refractivity contribution in [2.75, 3.05) is 6.61 Å². The van der Waals surface area contributed by atoms with Crippen molar-refractivity contribution < 1.29 is 14.3 Å². The Bertz CT molecular complexity index is 1050. The molecular weight excluding hydrogens is 364 g/mol. The summed E-state index contributed by atoms with van der Waals surface area (Å²) in [6.45, 7) is 0.145. The standard InChI is InChI=1S/C21H15ClN2O3/c22-19-12-15(16-8-4-5-9-17(16)23-19)10-11-20(25)24-18(13-27-21(24)26)14-6-2-1-3-7-14/h1-12,18H,13H2. The lowest BCUT2D eigenvalue weighted by atomic mass is 10.1. The predicted octanol–water partition coefficient (Wildman–Crippen LogP) is 4.62. The molecule has 0 saturated carbocycles. The van der Waals surface area contributed by atoms with Crippen molar-refractivity contribution in [2.45, 2.75) is 6.04 Å². The number of amides is 2. The maximum atomic E-state index is 12.7. The smallest absolute Gasteiger partial charge is 0.417 e. The van der Waals surface area contributed by atoms with E-state index in [9.17, 15) is 9.59 Å². The van der Waals surface area contributed by atoms with E-state index in [1.165, 1.54) is 6.08 Å². The molecule has 27 heavy (non-hydrogen) atoms. The fourth-order valence-corrected chi connectivity index (χ4v) is 3.34. The Labute approximate surface area is 160 Å². The van der Waals surface area contributed by atoms with Gasteiger partial charge in [0.25, 0.3) is 5.91 Å². The minimum absolute atomic E-state index is 0.145. The second-order valence-electron chi connectivity index (χ2n) is 6.10. The first-order valence-corrected chi connectivity index (χ1v) is 8.79. The van der Waals surface area contributed by atoms with Crippen LogP contribution < -0.4 is 0 Å². The second-order valence-corrected chi connectivity index (χ2v) is 6.48. The maximum absolute atomic E-state index is 12.7. The summed E-state index contributed by atoms with van der Waals surface area (Å²) in [7, 11) is 0. The zero-order valence-corrected chi connectivity index (χ0v) is 15.0. The first-order valence-electron chi connectivity index (χ1n) is 8.42. The number of cyclic esters (lactones) is 1. The van der Waals surface area contributed by atoms with E-state index >= 15 is 0 Å². The molecule has 0 N–H and O–H groups in total. The Morgan fingerprint density at radius 2 is 1.89 bits per heavy atom. The van der Waals surface area contributed by atoms with Crippen LogP contribution in [0, 0.1) is 0 Å². The van der Waals surface area contributed by atoms with E-state index in [0.29, 0.717) is 5.15 Å². The third-order valence-electron chi connectivity index (χ3n) is 4.42. The molecule has 1 unspecified atom stereocenters. The highest BCUT2D eigenvalue weighted by Gasteiger charge is 2.37. The van der Waals surface area contributed by atoms with E-state index in [1.807, 2.05) is 54.6 Å². The number of carbonyl (C=O) groups excluding carboxylic acids is 2. The zero-order chi connectivity index (χ0) is 18.8. The molecule has 2 aromatic carbocycles. The van der Waals surface area contributed by atoms with Crippen molar-refractivity contribution >= 4 is 40.6 Å². The van der Waals surface area contributed by atoms with Gasteiger partial charge in [0.1, 0.15) is 17.8 Å². The molecule has 5 nitrogen and oxygen atoms in total. The van der Waals surface area contributed by atoms with Crippen LogP contribution >= 0.6 is 11.6 Å². The van der Waals surface area contributed by atoms with Gasteiger partial charge in [0.15, 0.2) is 0 Å². The molecular formula is C21H15ClN2O3. The quantitative estimate of drug-likeness (QED) is 0.493. The monoisotopic (exact) mass is 378 g/mol. The molecule has 1 aliphatic rings. The summed E-state index contributed by atoms with van der Waals surface area (Å²) in [5, 5.41) is 1.21. The number of ether oxygens (including phenoxy) is 1. The van der Waals surface area contributed by atoms with Gasteiger partial charge in [-0.15, -0.1) is 0 Å². The summed E-state index contributed by atoms with van der Waals surface area (Å²) in [6, 6.07) is 18.1. The average molecular weight is 379 g/mol. The molecule has 1 saturated heterocycles. The van der Waals surface area contributed by atoms with Crippen molar-refractivity contribution in [2.24, 2.45) is 0 Å². The van der Waals surface area contributed by atoms with Crippen LogP contribution in [-0.2, 0) is 9.53 Å². The van der Waals surface area contributed by atoms with E-state index in [2.05, 4.69) is 4.98 Å². The molecule has 0 spiro atoms. The Kier molecular flexibility index (Phi) is 4.60. The van der Waals surface area contributed by atoms with Crippen LogP contribution in [0.2, 0.25) is 5.15 Å². The Morgan fingerprint density at radius 1 is 1.15 bits per heavy atom. The van der Waals surface area contributed by atoms with Crippen LogP contribution in [0.25, 0.3) is 17.0 Å². The normalized spacial score (nSPS) is 16.9. The Hall–Kier alpha value is -3.18. The molecule has 0 radical (unpaired) electrons. The van der Waals surface area contributed by atoms with Crippen molar-refractivity contribution in [1.29, 1.82) is 0 Å². The summed E-state index contributed by atoms with van der Waals surface area (Å²) < 4.78 is 5.10. The van der Waals surface area contributed by atoms with Gasteiger partial charge in [-0.1, -0.05) is 60.1 Å². The average Bonchev–Trinajstić information content (AvgIpc) is 3.08. The maximum Gasteiger partial charge on any atom is 0.417 e. The van der Waals surface area contributed by atoms with Gasteiger partial charge >= 0.3 is 6.09 Å². The number of hydrogen-bond donors (Lipinski definition) is 0. The Morgan fingerprint density at radius 3 is 2.70 bits per heavy atom. The number of fused-ring (bicyclic) bond motifs is 1. The number of rotatable bonds is 3. The number of nitrogens with zero attached hydrogens (tertiary/aromatic N) is 2. The number of aromatic nitrogens is 1. The van der Waals surface area contributed by atoms with Gasteiger partial charge in [-0.25, -0.2) is 14.7 Å². The molecule has 1 aliphatic heterocycles. The summed E-state index contributed by atoms with van der Waals surface area (Å²) in [4.78, 5) is 30.2. The van der Waals surface area contributed by atoms with Crippen LogP contribution in [0.5, 0.6) is 0 Å². The van der Waals surface area contributed by atoms with Crippen molar-refractivity contribution in [1.82, 2.24) is 9.88 Å². The van der Waals surface area contributed by atoms with E-state index in [4.69, 9.17) is 16.3 Å². The topological polar surface area (TPSA) is 59.5 Å². The first kappa shape index (κ1) is 17.2. The van der Waals surface area contributed by atoms with E-state index < -0.39 is 18.0 Å². The van der Waals surface area contributed by atoms with Crippen molar-refractivity contribution in [3.63, 3.8) is 0 Å². The summed E-state index contributed by atoms with van der Waals surface area (Å²) in [6.07, 6.45) is 2.36. The number of hydrogen-bond acceptors (Lipinski definition) is 4. The third-order valence-corrected chi connectivity index (χ3v) is 4.61. The third kappa shape index (κ3) is 3.41. The second kappa shape index (κ2) is 7.21. The van der Waals surface area contributed by atoms with Crippen LogP contribution in [0.4, 0.5) is 4.79 Å². The van der Waals surface area contributed by atoms with Gasteiger partial charge in [0.05, 0.1) is 5.52 Å². The molecule has 1 atom stereocenters. The van der Waals surface area contributed by atoms with Gasteiger partial charge in [-0.2, -0.15) is 0 Å². The minimum atomic E-state index is -0.642. The lowest BCUT2D eigenvalue weighted by Gasteiger charge is -2.18. The number of imide groups is 1. The SMILES string of the molecule is O=C(C=Cc1cc(Cl)nc2ccccc12)N1C(=O)OCC1c1ccccc1. The Balaban J connectivity index is 1.64. The number of benzene rings is 2. The largest absolute Gasteiger partial charge is 0.446 e. The molecule has 3 aromatic rings. The van der Waals surface area contributed by atoms with Gasteiger partial charge in [-0.05, 0) is 29.3 Å². The van der Waals surface area contributed by atoms with Crippen LogP contribution in [-0.4, -0.2) is 28.5 Å².